The quantitative estimate of drug-likeness (QED) is 0.743. The van der Waals surface area contributed by atoms with Crippen molar-refractivity contribution in [3.8, 4) is 0 Å². The Bertz CT molecular complexity index is 1490. The van der Waals surface area contributed by atoms with Gasteiger partial charge in [-0.05, 0) is 17.6 Å². The Morgan fingerprint density at radius 2 is 1.75 bits per heavy atom. The first-order valence-corrected chi connectivity index (χ1v) is 8.64. The summed E-state index contributed by atoms with van der Waals surface area (Å²) in [5.41, 5.74) is 1.42. The van der Waals surface area contributed by atoms with E-state index < -0.39 is 117 Å². The number of hydrogen-bond donors (Lipinski definition) is 1. The molecule has 2 N–H and O–H groups in total. The van der Waals surface area contributed by atoms with Crippen molar-refractivity contribution in [3.63, 3.8) is 0 Å². The van der Waals surface area contributed by atoms with Crippen LogP contribution in [-0.2, 0) is 35.8 Å². The zero-order valence-electron chi connectivity index (χ0n) is 23.4. The highest BCUT2D eigenvalue weighted by atomic mass is 32.2. The lowest BCUT2D eigenvalue weighted by molar-refractivity contribution is -0.137. The van der Waals surface area contributed by atoms with Crippen LogP contribution in [0.2, 0.25) is 0 Å². The minimum Gasteiger partial charge on any atom is -0.460 e. The monoisotopic (exact) mass is 423 g/mol. The lowest BCUT2D eigenvalue weighted by atomic mass is 10.0. The molecular weight excluding hydrogens is 399 g/mol. The highest BCUT2D eigenvalue weighted by molar-refractivity contribution is 7.86. The lowest BCUT2D eigenvalue weighted by Gasteiger charge is -2.12. The highest BCUT2D eigenvalue weighted by Crippen LogP contribution is 2.35. The molecule has 148 valence electrons. The topological polar surface area (TPSA) is 95.7 Å². The van der Waals surface area contributed by atoms with Crippen LogP contribution in [0.4, 0.5) is 13.2 Å². The van der Waals surface area contributed by atoms with E-state index in [1.165, 1.54) is 0 Å². The number of rotatable bonds is 5. The third kappa shape index (κ3) is 4.28. The average Bonchev–Trinajstić information content (AvgIpc) is 3.00. The molecule has 6 nitrogen and oxygen atoms in total. The summed E-state index contributed by atoms with van der Waals surface area (Å²) in [7, 11) is -5.08. The molecule has 10 heteroatoms. The SMILES string of the molecule is [2H]c1c([2H])c([2H])c(CS(=O)(=O)OC2=C(N)OC([2H])(c3c([2H])c([2H])c(C(F)(F)F)c([2H])c3[2H])C2=O)c([2H])c1[2H]. The molecule has 1 aliphatic heterocycles. The van der Waals surface area contributed by atoms with Crippen LogP contribution in [0.3, 0.4) is 0 Å². The van der Waals surface area contributed by atoms with Crippen molar-refractivity contribution in [3.05, 3.63) is 82.7 Å². The number of nitrogens with two attached hydrogens (primary N) is 1. The fraction of sp³-hybridized carbons (Fsp3) is 0.167. The maximum atomic E-state index is 13.2. The smallest absolute Gasteiger partial charge is 0.416 e. The van der Waals surface area contributed by atoms with Gasteiger partial charge in [0.05, 0.1) is 19.3 Å². The van der Waals surface area contributed by atoms with Crippen LogP contribution in [0.25, 0.3) is 0 Å². The van der Waals surface area contributed by atoms with Gasteiger partial charge >= 0.3 is 16.3 Å². The van der Waals surface area contributed by atoms with E-state index in [9.17, 15) is 26.4 Å². The molecule has 28 heavy (non-hydrogen) atoms. The molecule has 0 amide bonds. The van der Waals surface area contributed by atoms with Crippen LogP contribution in [0.1, 0.15) is 36.5 Å². The number of ketones is 1. The van der Waals surface area contributed by atoms with E-state index in [0.717, 1.165) is 0 Å². The second-order valence-corrected chi connectivity index (χ2v) is 6.66. The molecule has 0 aliphatic carbocycles. The summed E-state index contributed by atoms with van der Waals surface area (Å²) in [6.45, 7) is 0. The molecule has 2 aromatic carbocycles. The van der Waals surface area contributed by atoms with Crippen molar-refractivity contribution >= 4 is 15.9 Å². The van der Waals surface area contributed by atoms with Crippen LogP contribution in [-0.4, -0.2) is 14.2 Å². The van der Waals surface area contributed by atoms with Gasteiger partial charge in [-0.1, -0.05) is 42.3 Å². The third-order valence-corrected chi connectivity index (χ3v) is 4.13. The first-order chi connectivity index (χ1) is 17.2. The van der Waals surface area contributed by atoms with Crippen molar-refractivity contribution in [1.29, 1.82) is 0 Å². The summed E-state index contributed by atoms with van der Waals surface area (Å²) in [6.07, 6.45) is -8.73. The van der Waals surface area contributed by atoms with Crippen molar-refractivity contribution in [1.82, 2.24) is 0 Å². The number of carbonyl (C=O) groups excluding carboxylic acids is 1. The molecule has 1 aliphatic rings. The summed E-state index contributed by atoms with van der Waals surface area (Å²) >= 11 is 0. The Balaban J connectivity index is 2.05. The molecule has 0 aromatic heterocycles. The summed E-state index contributed by atoms with van der Waals surface area (Å²) < 4.78 is 152. The summed E-state index contributed by atoms with van der Waals surface area (Å²) in [5.74, 6) is -5.84. The number of benzene rings is 2. The second kappa shape index (κ2) is 7.19. The summed E-state index contributed by atoms with van der Waals surface area (Å²) in [5, 5.41) is 0. The maximum absolute atomic E-state index is 13.2. The molecular formula is C18H14F3NO5S. The zero-order valence-corrected chi connectivity index (χ0v) is 14.2. The fourth-order valence-corrected chi connectivity index (χ4v) is 2.88. The van der Waals surface area contributed by atoms with Crippen molar-refractivity contribution in [2.75, 3.05) is 0 Å². The molecule has 0 radical (unpaired) electrons. The van der Waals surface area contributed by atoms with E-state index in [4.69, 9.17) is 24.2 Å². The average molecular weight is 423 g/mol. The standard InChI is InChI=1S/C18H14F3NO5S/c19-18(20,21)13-8-6-12(7-9-13)15-14(23)16(17(22)26-15)27-28(24,25)10-11-4-2-1-3-5-11/h1-9,15H,10,22H2/i1D,2D,3D,4D,5D,6D,7D,8D,9D,15D. The van der Waals surface area contributed by atoms with Gasteiger partial charge in [0.15, 0.2) is 6.08 Å². The largest absolute Gasteiger partial charge is 0.460 e. The normalized spacial score (nSPS) is 25.2. The van der Waals surface area contributed by atoms with E-state index in [-0.39, 0.29) is 0 Å². The predicted molar refractivity (Wildman–Crippen MR) is 91.6 cm³/mol. The maximum Gasteiger partial charge on any atom is 0.416 e. The first-order valence-electron chi connectivity index (χ1n) is 12.1. The van der Waals surface area contributed by atoms with Gasteiger partial charge < -0.3 is 14.7 Å². The van der Waals surface area contributed by atoms with E-state index in [1.807, 2.05) is 0 Å². The van der Waals surface area contributed by atoms with E-state index in [0.29, 0.717) is 0 Å². The van der Waals surface area contributed by atoms with Crippen molar-refractivity contribution in [2.45, 2.75) is 18.0 Å². The Kier molecular flexibility index (Phi) is 2.70. The molecule has 2 aromatic rings. The number of halogens is 3. The van der Waals surface area contributed by atoms with Crippen molar-refractivity contribution < 1.29 is 49.0 Å². The van der Waals surface area contributed by atoms with E-state index in [2.05, 4.69) is 4.18 Å². The van der Waals surface area contributed by atoms with Gasteiger partial charge in [0.25, 0.3) is 0 Å². The van der Waals surface area contributed by atoms with Crippen molar-refractivity contribution in [2.24, 2.45) is 5.73 Å². The Hall–Kier alpha value is -3.01. The van der Waals surface area contributed by atoms with Crippen LogP contribution >= 0.6 is 0 Å². The van der Waals surface area contributed by atoms with Gasteiger partial charge in [-0.25, -0.2) is 0 Å². The number of hydrogen-bond acceptors (Lipinski definition) is 6. The van der Waals surface area contributed by atoms with Gasteiger partial charge in [-0.2, -0.15) is 21.6 Å². The molecule has 3 rings (SSSR count). The van der Waals surface area contributed by atoms with Gasteiger partial charge in [0, 0.05) is 5.56 Å². The zero-order chi connectivity index (χ0) is 29.3. The lowest BCUT2D eigenvalue weighted by Crippen LogP contribution is -2.16. The molecule has 0 bridgehead atoms. The number of ether oxygens (including phenoxy) is 1. The minimum absolute atomic E-state index is 0.749. The third-order valence-electron chi connectivity index (χ3n) is 3.07. The number of Topliss-reactive ketones (excluding diaryl/α,β-unsaturated/α-hetero) is 1. The molecule has 0 fully saturated rings. The van der Waals surface area contributed by atoms with Gasteiger partial charge in [-0.15, -0.1) is 0 Å². The molecule has 1 heterocycles. The number of alkyl halides is 3. The summed E-state index contributed by atoms with van der Waals surface area (Å²) in [4.78, 5) is 13.0. The fourth-order valence-electron chi connectivity index (χ4n) is 1.91. The van der Waals surface area contributed by atoms with Crippen LogP contribution in [0.5, 0.6) is 0 Å². The van der Waals surface area contributed by atoms with Crippen LogP contribution in [0.15, 0.2) is 66.0 Å². The van der Waals surface area contributed by atoms with E-state index >= 15 is 0 Å². The molecule has 0 saturated heterocycles. The summed E-state index contributed by atoms with van der Waals surface area (Å²) in [6, 6.07) is -10.6. The van der Waals surface area contributed by atoms with Crippen LogP contribution < -0.4 is 5.73 Å². The van der Waals surface area contributed by atoms with Gasteiger partial charge in [0.1, 0.15) is 5.75 Å². The molecule has 0 saturated carbocycles. The highest BCUT2D eigenvalue weighted by Gasteiger charge is 2.40. The van der Waals surface area contributed by atoms with E-state index in [1.54, 1.807) is 0 Å². The molecule has 1 unspecified atom stereocenters. The van der Waals surface area contributed by atoms with Gasteiger partial charge in [0.2, 0.25) is 17.4 Å². The Labute approximate surface area is 172 Å². The minimum atomic E-state index is -5.34. The first kappa shape index (κ1) is 10.5. The number of carbonyl (C=O) groups is 1. The predicted octanol–water partition coefficient (Wildman–Crippen LogP) is 3.02. The molecule has 0 spiro atoms. The second-order valence-electron chi connectivity index (χ2n) is 5.09. The van der Waals surface area contributed by atoms with Gasteiger partial charge in [-0.3, -0.25) is 4.79 Å². The Morgan fingerprint density at radius 1 is 1.14 bits per heavy atom. The molecule has 1 atom stereocenters. The Morgan fingerprint density at radius 3 is 2.32 bits per heavy atom. The van der Waals surface area contributed by atoms with Crippen LogP contribution in [0, 0.1) is 0 Å².